The molecule has 1 atom stereocenters. The molecule has 0 aliphatic rings. The zero-order chi connectivity index (χ0) is 13.7. The van der Waals surface area contributed by atoms with Crippen molar-refractivity contribution in [3.8, 4) is 5.75 Å². The van der Waals surface area contributed by atoms with Gasteiger partial charge in [-0.3, -0.25) is 4.68 Å². The molecule has 5 heteroatoms. The van der Waals surface area contributed by atoms with Gasteiger partial charge in [-0.1, -0.05) is 18.2 Å². The minimum Gasteiger partial charge on any atom is -0.491 e. The maximum atomic E-state index is 9.85. The van der Waals surface area contributed by atoms with E-state index >= 15 is 0 Å². The summed E-state index contributed by atoms with van der Waals surface area (Å²) in [6, 6.07) is 9.61. The van der Waals surface area contributed by atoms with Crippen LogP contribution in [0.4, 0.5) is 5.82 Å². The Labute approximate surface area is 112 Å². The summed E-state index contributed by atoms with van der Waals surface area (Å²) < 4.78 is 7.28. The molecule has 0 radical (unpaired) electrons. The Kier molecular flexibility index (Phi) is 4.41. The van der Waals surface area contributed by atoms with E-state index in [-0.39, 0.29) is 6.61 Å². The Hall–Kier alpha value is -2.01. The summed E-state index contributed by atoms with van der Waals surface area (Å²) in [6.07, 6.45) is 1.26. The topological polar surface area (TPSA) is 59.3 Å². The van der Waals surface area contributed by atoms with Crippen molar-refractivity contribution in [1.82, 2.24) is 9.78 Å². The highest BCUT2D eigenvalue weighted by Crippen LogP contribution is 2.16. The Bertz CT molecular complexity index is 525. The van der Waals surface area contributed by atoms with Gasteiger partial charge in [0.2, 0.25) is 0 Å². The lowest BCUT2D eigenvalue weighted by atomic mass is 10.2. The zero-order valence-electron chi connectivity index (χ0n) is 11.2. The summed E-state index contributed by atoms with van der Waals surface area (Å²) in [5.41, 5.74) is 1.06. The van der Waals surface area contributed by atoms with Crippen molar-refractivity contribution in [3.05, 3.63) is 42.1 Å². The molecule has 0 fully saturated rings. The maximum absolute atomic E-state index is 9.85. The highest BCUT2D eigenvalue weighted by Gasteiger charge is 2.07. The zero-order valence-corrected chi connectivity index (χ0v) is 11.2. The first-order chi connectivity index (χ1) is 9.15. The third kappa shape index (κ3) is 3.99. The monoisotopic (exact) mass is 261 g/mol. The lowest BCUT2D eigenvalue weighted by Gasteiger charge is -2.14. The van der Waals surface area contributed by atoms with Crippen LogP contribution in [-0.2, 0) is 7.05 Å². The van der Waals surface area contributed by atoms with Crippen molar-refractivity contribution >= 4 is 5.82 Å². The lowest BCUT2D eigenvalue weighted by Crippen LogP contribution is -2.26. The van der Waals surface area contributed by atoms with Gasteiger partial charge in [-0.2, -0.15) is 5.10 Å². The second-order valence-corrected chi connectivity index (χ2v) is 4.49. The fourth-order valence-electron chi connectivity index (χ4n) is 1.70. The molecule has 2 aromatic rings. The molecular weight excluding hydrogens is 242 g/mol. The number of aromatic nitrogens is 2. The van der Waals surface area contributed by atoms with Crippen LogP contribution in [0.25, 0.3) is 0 Å². The molecule has 1 aromatic carbocycles. The van der Waals surface area contributed by atoms with Crippen LogP contribution in [0.3, 0.4) is 0 Å². The van der Waals surface area contributed by atoms with Crippen molar-refractivity contribution in [3.63, 3.8) is 0 Å². The van der Waals surface area contributed by atoms with Crippen LogP contribution in [0.1, 0.15) is 5.56 Å². The maximum Gasteiger partial charge on any atom is 0.148 e. The molecule has 0 saturated heterocycles. The predicted molar refractivity (Wildman–Crippen MR) is 74.4 cm³/mol. The number of nitrogens with zero attached hydrogens (tertiary/aromatic N) is 2. The molecule has 19 heavy (non-hydrogen) atoms. The van der Waals surface area contributed by atoms with Gasteiger partial charge in [-0.25, -0.2) is 0 Å². The van der Waals surface area contributed by atoms with Crippen LogP contribution in [0.5, 0.6) is 5.75 Å². The number of benzene rings is 1. The standard InChI is InChI=1S/C14H19N3O2/c1-11-5-3-4-6-13(11)19-10-12(18)9-15-14-7-8-17(2)16-14/h3-8,12,18H,9-10H2,1-2H3,(H,15,16). The first kappa shape index (κ1) is 13.4. The Morgan fingerprint density at radius 1 is 1.37 bits per heavy atom. The van der Waals surface area contributed by atoms with Crippen molar-refractivity contribution in [1.29, 1.82) is 0 Å². The normalized spacial score (nSPS) is 12.2. The first-order valence-electron chi connectivity index (χ1n) is 6.25. The Morgan fingerprint density at radius 3 is 2.84 bits per heavy atom. The minimum atomic E-state index is -0.582. The molecule has 5 nitrogen and oxygen atoms in total. The number of aryl methyl sites for hydroxylation is 2. The van der Waals surface area contributed by atoms with Crippen LogP contribution in [0.15, 0.2) is 36.5 Å². The minimum absolute atomic E-state index is 0.255. The first-order valence-corrected chi connectivity index (χ1v) is 6.25. The van der Waals surface area contributed by atoms with Gasteiger partial charge in [0.1, 0.15) is 24.3 Å². The Morgan fingerprint density at radius 2 is 2.16 bits per heavy atom. The number of aliphatic hydroxyl groups excluding tert-OH is 1. The molecule has 0 amide bonds. The quantitative estimate of drug-likeness (QED) is 0.829. The van der Waals surface area contributed by atoms with Gasteiger partial charge >= 0.3 is 0 Å². The van der Waals surface area contributed by atoms with E-state index in [1.165, 1.54) is 0 Å². The molecule has 1 unspecified atom stereocenters. The third-order valence-electron chi connectivity index (χ3n) is 2.76. The van der Waals surface area contributed by atoms with E-state index in [1.54, 1.807) is 4.68 Å². The van der Waals surface area contributed by atoms with Gasteiger partial charge in [-0.15, -0.1) is 0 Å². The summed E-state index contributed by atoms with van der Waals surface area (Å²) >= 11 is 0. The van der Waals surface area contributed by atoms with E-state index in [9.17, 15) is 5.11 Å². The smallest absolute Gasteiger partial charge is 0.148 e. The molecule has 2 N–H and O–H groups in total. The van der Waals surface area contributed by atoms with Gasteiger partial charge < -0.3 is 15.2 Å². The van der Waals surface area contributed by atoms with Crippen molar-refractivity contribution in [2.75, 3.05) is 18.5 Å². The summed E-state index contributed by atoms with van der Waals surface area (Å²) in [6.45, 7) is 2.64. The fourth-order valence-corrected chi connectivity index (χ4v) is 1.70. The van der Waals surface area contributed by atoms with E-state index < -0.39 is 6.10 Å². The number of anilines is 1. The summed E-state index contributed by atoms with van der Waals surface area (Å²) in [7, 11) is 1.85. The number of hydrogen-bond donors (Lipinski definition) is 2. The molecule has 0 bridgehead atoms. The number of aliphatic hydroxyl groups is 1. The van der Waals surface area contributed by atoms with E-state index in [0.717, 1.165) is 17.1 Å². The average Bonchev–Trinajstić information content (AvgIpc) is 2.81. The van der Waals surface area contributed by atoms with Gasteiger partial charge in [0.05, 0.1) is 0 Å². The van der Waals surface area contributed by atoms with E-state index in [0.29, 0.717) is 6.54 Å². The van der Waals surface area contributed by atoms with Crippen LogP contribution in [-0.4, -0.2) is 34.1 Å². The highest BCUT2D eigenvalue weighted by molar-refractivity contribution is 5.33. The van der Waals surface area contributed by atoms with Crippen molar-refractivity contribution < 1.29 is 9.84 Å². The molecule has 1 aromatic heterocycles. The highest BCUT2D eigenvalue weighted by atomic mass is 16.5. The largest absolute Gasteiger partial charge is 0.491 e. The van der Waals surface area contributed by atoms with Crippen LogP contribution in [0, 0.1) is 6.92 Å². The van der Waals surface area contributed by atoms with Crippen LogP contribution < -0.4 is 10.1 Å². The van der Waals surface area contributed by atoms with E-state index in [4.69, 9.17) is 4.74 Å². The lowest BCUT2D eigenvalue weighted by molar-refractivity contribution is 0.117. The van der Waals surface area contributed by atoms with Crippen LogP contribution in [0.2, 0.25) is 0 Å². The molecule has 0 aliphatic heterocycles. The molecule has 2 rings (SSSR count). The second kappa shape index (κ2) is 6.24. The molecule has 1 heterocycles. The second-order valence-electron chi connectivity index (χ2n) is 4.49. The number of ether oxygens (including phenoxy) is 1. The van der Waals surface area contributed by atoms with E-state index in [1.807, 2.05) is 50.5 Å². The summed E-state index contributed by atoms with van der Waals surface area (Å²) in [5.74, 6) is 1.55. The number of nitrogens with one attached hydrogen (secondary N) is 1. The average molecular weight is 261 g/mol. The molecule has 102 valence electrons. The fraction of sp³-hybridized carbons (Fsp3) is 0.357. The SMILES string of the molecule is Cc1ccccc1OCC(O)CNc1ccn(C)n1. The molecule has 0 saturated carbocycles. The predicted octanol–water partition coefficient (Wildman–Crippen LogP) is 1.58. The van der Waals surface area contributed by atoms with Gasteiger partial charge in [0, 0.05) is 25.9 Å². The van der Waals surface area contributed by atoms with Crippen molar-refractivity contribution in [2.24, 2.45) is 7.05 Å². The Balaban J connectivity index is 1.76. The summed E-state index contributed by atoms with van der Waals surface area (Å²) in [4.78, 5) is 0. The van der Waals surface area contributed by atoms with Gasteiger partial charge in [-0.05, 0) is 18.6 Å². The van der Waals surface area contributed by atoms with E-state index in [2.05, 4.69) is 10.4 Å². The van der Waals surface area contributed by atoms with Crippen molar-refractivity contribution in [2.45, 2.75) is 13.0 Å². The van der Waals surface area contributed by atoms with Gasteiger partial charge in [0.25, 0.3) is 0 Å². The van der Waals surface area contributed by atoms with Gasteiger partial charge in [0.15, 0.2) is 0 Å². The molecule has 0 aliphatic carbocycles. The number of hydrogen-bond acceptors (Lipinski definition) is 4. The molecular formula is C14H19N3O2. The molecule has 0 spiro atoms. The van der Waals surface area contributed by atoms with Crippen LogP contribution >= 0.6 is 0 Å². The number of rotatable bonds is 6. The third-order valence-corrected chi connectivity index (χ3v) is 2.76. The summed E-state index contributed by atoms with van der Waals surface area (Å²) in [5, 5.41) is 17.1. The number of para-hydroxylation sites is 1.